The lowest BCUT2D eigenvalue weighted by Crippen LogP contribution is -2.35. The van der Waals surface area contributed by atoms with E-state index in [1.165, 1.54) is 7.11 Å². The molecule has 0 heterocycles. The van der Waals surface area contributed by atoms with Crippen LogP contribution in [0.25, 0.3) is 0 Å². The van der Waals surface area contributed by atoms with Crippen molar-refractivity contribution in [3.8, 4) is 0 Å². The zero-order valence-corrected chi connectivity index (χ0v) is 13.2. The Morgan fingerprint density at radius 2 is 1.91 bits per heavy atom. The summed E-state index contributed by atoms with van der Waals surface area (Å²) in [6.07, 6.45) is 2.70. The highest BCUT2D eigenvalue weighted by Gasteiger charge is 2.29. The molecule has 0 radical (unpaired) electrons. The van der Waals surface area contributed by atoms with Crippen LogP contribution < -0.4 is 10.6 Å². The van der Waals surface area contributed by atoms with Gasteiger partial charge in [0.1, 0.15) is 0 Å². The second kappa shape index (κ2) is 8.31. The number of hydrogen-bond donors (Lipinski definition) is 2. The van der Waals surface area contributed by atoms with Crippen molar-refractivity contribution in [1.82, 2.24) is 10.6 Å². The van der Waals surface area contributed by atoms with Crippen molar-refractivity contribution >= 4 is 17.8 Å². The predicted molar refractivity (Wildman–Crippen MR) is 84.3 cm³/mol. The van der Waals surface area contributed by atoms with Crippen LogP contribution in [0.5, 0.6) is 0 Å². The molecular formula is C17H22N2O4. The molecule has 1 aromatic rings. The van der Waals surface area contributed by atoms with Crippen molar-refractivity contribution in [2.24, 2.45) is 5.92 Å². The highest BCUT2D eigenvalue weighted by atomic mass is 16.5. The van der Waals surface area contributed by atoms with Crippen molar-refractivity contribution in [3.05, 3.63) is 35.9 Å². The molecule has 1 aliphatic rings. The Morgan fingerprint density at radius 1 is 1.22 bits per heavy atom. The average Bonchev–Trinajstić information content (AvgIpc) is 3.41. The standard InChI is InChI=1S/C17H22N2O4/c1-23-17(22)15(12-6-3-2-4-7-12)19-14(20)8-5-11-18-16(21)13-9-10-13/h2-4,6-7,13,15H,5,8-11H2,1H3,(H,18,21)(H,19,20). The smallest absolute Gasteiger partial charge is 0.333 e. The number of hydrogen-bond acceptors (Lipinski definition) is 4. The van der Waals surface area contributed by atoms with Crippen molar-refractivity contribution in [2.45, 2.75) is 31.7 Å². The zero-order valence-electron chi connectivity index (χ0n) is 13.2. The lowest BCUT2D eigenvalue weighted by Gasteiger charge is -2.17. The van der Waals surface area contributed by atoms with Crippen LogP contribution in [0.3, 0.4) is 0 Å². The molecule has 1 fully saturated rings. The Bertz CT molecular complexity index is 555. The second-order valence-electron chi connectivity index (χ2n) is 5.60. The molecule has 1 aromatic carbocycles. The first-order valence-electron chi connectivity index (χ1n) is 7.81. The fraction of sp³-hybridized carbons (Fsp3) is 0.471. The van der Waals surface area contributed by atoms with Gasteiger partial charge >= 0.3 is 5.97 Å². The summed E-state index contributed by atoms with van der Waals surface area (Å²) >= 11 is 0. The van der Waals surface area contributed by atoms with Gasteiger partial charge in [-0.1, -0.05) is 30.3 Å². The number of amides is 2. The van der Waals surface area contributed by atoms with E-state index >= 15 is 0 Å². The van der Waals surface area contributed by atoms with Crippen molar-refractivity contribution < 1.29 is 19.1 Å². The van der Waals surface area contributed by atoms with Crippen LogP contribution in [0.1, 0.15) is 37.3 Å². The molecular weight excluding hydrogens is 296 g/mol. The molecule has 1 saturated carbocycles. The van der Waals surface area contributed by atoms with Gasteiger partial charge in [0.2, 0.25) is 11.8 Å². The molecule has 0 spiro atoms. The third-order valence-electron chi connectivity index (χ3n) is 3.70. The minimum Gasteiger partial charge on any atom is -0.467 e. The number of carbonyl (C=O) groups excluding carboxylic acids is 3. The van der Waals surface area contributed by atoms with Crippen LogP contribution in [-0.4, -0.2) is 31.4 Å². The van der Waals surface area contributed by atoms with E-state index in [-0.39, 0.29) is 24.2 Å². The first-order chi connectivity index (χ1) is 11.1. The Balaban J connectivity index is 1.78. The third-order valence-corrected chi connectivity index (χ3v) is 3.70. The quantitative estimate of drug-likeness (QED) is 0.559. The van der Waals surface area contributed by atoms with Gasteiger partial charge in [-0.25, -0.2) is 4.79 Å². The van der Waals surface area contributed by atoms with E-state index in [1.807, 2.05) is 6.07 Å². The van der Waals surface area contributed by atoms with Crippen LogP contribution in [-0.2, 0) is 19.1 Å². The van der Waals surface area contributed by atoms with Crippen LogP contribution in [0, 0.1) is 5.92 Å². The largest absolute Gasteiger partial charge is 0.467 e. The molecule has 0 bridgehead atoms. The molecule has 1 atom stereocenters. The number of esters is 1. The number of carbonyl (C=O) groups is 3. The number of benzene rings is 1. The van der Waals surface area contributed by atoms with Gasteiger partial charge in [-0.15, -0.1) is 0 Å². The summed E-state index contributed by atoms with van der Waals surface area (Å²) in [5.74, 6) is -0.510. The zero-order chi connectivity index (χ0) is 16.7. The van der Waals surface area contributed by atoms with Crippen LogP contribution in [0.2, 0.25) is 0 Å². The van der Waals surface area contributed by atoms with Gasteiger partial charge in [0.05, 0.1) is 7.11 Å². The molecule has 23 heavy (non-hydrogen) atoms. The topological polar surface area (TPSA) is 84.5 Å². The molecule has 1 unspecified atom stereocenters. The highest BCUT2D eigenvalue weighted by Crippen LogP contribution is 2.28. The maximum atomic E-state index is 12.0. The summed E-state index contributed by atoms with van der Waals surface area (Å²) in [5, 5.41) is 5.49. The van der Waals surface area contributed by atoms with Gasteiger partial charge in [-0.2, -0.15) is 0 Å². The Morgan fingerprint density at radius 3 is 2.52 bits per heavy atom. The minimum absolute atomic E-state index is 0.0714. The predicted octanol–water partition coefficient (Wildman–Crippen LogP) is 1.32. The summed E-state index contributed by atoms with van der Waals surface area (Å²) in [5.41, 5.74) is 0.676. The van der Waals surface area contributed by atoms with E-state index in [0.717, 1.165) is 12.8 Å². The highest BCUT2D eigenvalue weighted by molar-refractivity contribution is 5.85. The molecule has 6 heteroatoms. The van der Waals surface area contributed by atoms with E-state index in [1.54, 1.807) is 24.3 Å². The summed E-state index contributed by atoms with van der Waals surface area (Å²) in [4.78, 5) is 35.3. The summed E-state index contributed by atoms with van der Waals surface area (Å²) in [6, 6.07) is 8.14. The summed E-state index contributed by atoms with van der Waals surface area (Å²) in [6.45, 7) is 0.469. The maximum Gasteiger partial charge on any atom is 0.333 e. The Hall–Kier alpha value is -2.37. The molecule has 6 nitrogen and oxygen atoms in total. The van der Waals surface area contributed by atoms with Gasteiger partial charge < -0.3 is 15.4 Å². The van der Waals surface area contributed by atoms with Gasteiger partial charge in [0.15, 0.2) is 6.04 Å². The molecule has 2 amide bonds. The molecule has 0 aromatic heterocycles. The summed E-state index contributed by atoms with van der Waals surface area (Å²) in [7, 11) is 1.29. The first-order valence-corrected chi connectivity index (χ1v) is 7.81. The van der Waals surface area contributed by atoms with Crippen LogP contribution in [0.4, 0.5) is 0 Å². The van der Waals surface area contributed by atoms with Crippen LogP contribution in [0.15, 0.2) is 30.3 Å². The van der Waals surface area contributed by atoms with E-state index in [4.69, 9.17) is 4.74 Å². The van der Waals surface area contributed by atoms with Crippen molar-refractivity contribution in [1.29, 1.82) is 0 Å². The molecule has 1 aliphatic carbocycles. The Kier molecular flexibility index (Phi) is 6.14. The molecule has 2 rings (SSSR count). The van der Waals surface area contributed by atoms with Crippen LogP contribution >= 0.6 is 0 Å². The fourth-order valence-electron chi connectivity index (χ4n) is 2.23. The fourth-order valence-corrected chi connectivity index (χ4v) is 2.23. The Labute approximate surface area is 135 Å². The molecule has 2 N–H and O–H groups in total. The molecule has 124 valence electrons. The SMILES string of the molecule is COC(=O)C(NC(=O)CCCNC(=O)C1CC1)c1ccccc1. The first kappa shape index (κ1) is 17.0. The monoisotopic (exact) mass is 318 g/mol. The maximum absolute atomic E-state index is 12.0. The summed E-state index contributed by atoms with van der Waals surface area (Å²) < 4.78 is 4.75. The molecule has 0 saturated heterocycles. The van der Waals surface area contributed by atoms with Crippen molar-refractivity contribution in [2.75, 3.05) is 13.7 Å². The van der Waals surface area contributed by atoms with Crippen molar-refractivity contribution in [3.63, 3.8) is 0 Å². The van der Waals surface area contributed by atoms with E-state index < -0.39 is 12.0 Å². The van der Waals surface area contributed by atoms with Gasteiger partial charge in [0, 0.05) is 18.9 Å². The lowest BCUT2D eigenvalue weighted by molar-refractivity contribution is -0.145. The number of ether oxygens (including phenoxy) is 1. The van der Waals surface area contributed by atoms with Gasteiger partial charge in [-0.05, 0) is 24.8 Å². The number of methoxy groups -OCH3 is 1. The van der Waals surface area contributed by atoms with E-state index in [2.05, 4.69) is 10.6 Å². The van der Waals surface area contributed by atoms with E-state index in [9.17, 15) is 14.4 Å². The number of rotatable bonds is 8. The number of nitrogens with one attached hydrogen (secondary N) is 2. The average molecular weight is 318 g/mol. The molecule has 0 aliphatic heterocycles. The minimum atomic E-state index is -0.810. The normalized spacial score (nSPS) is 14.7. The lowest BCUT2D eigenvalue weighted by atomic mass is 10.1. The van der Waals surface area contributed by atoms with Gasteiger partial charge in [0.25, 0.3) is 0 Å². The third kappa shape index (κ3) is 5.39. The van der Waals surface area contributed by atoms with E-state index in [0.29, 0.717) is 18.5 Å². The second-order valence-corrected chi connectivity index (χ2v) is 5.60. The van der Waals surface area contributed by atoms with Gasteiger partial charge in [-0.3, -0.25) is 9.59 Å².